The Morgan fingerprint density at radius 2 is 2.11 bits per heavy atom. The minimum Gasteiger partial charge on any atom is -0.465 e. The Morgan fingerprint density at radius 1 is 1.67 bits per heavy atom. The van der Waals surface area contributed by atoms with Crippen LogP contribution in [0.25, 0.3) is 0 Å². The fourth-order valence-electron chi connectivity index (χ4n) is 0.260. The summed E-state index contributed by atoms with van der Waals surface area (Å²) < 4.78 is 0. The van der Waals surface area contributed by atoms with Gasteiger partial charge < -0.3 is 15.3 Å². The molecule has 0 aromatic carbocycles. The molecule has 1 amide bonds. The molecule has 4 N–H and O–H groups in total. The average Bonchev–Trinajstić information content (AvgIpc) is 1.63. The van der Waals surface area contributed by atoms with Crippen LogP contribution in [0.3, 0.4) is 0 Å². The number of hydrogen-bond acceptors (Lipinski definition) is 3. The molecule has 0 aliphatic rings. The van der Waals surface area contributed by atoms with Crippen LogP contribution in [-0.2, 0) is 0 Å². The standard InChI is InChI=1S/C4H9NO4/c1-2-4(8,9)5-3(6)7/h5,8-9H,2H2,1H3,(H,6,7). The second kappa shape index (κ2) is 2.65. The van der Waals surface area contributed by atoms with Crippen molar-refractivity contribution >= 4 is 6.09 Å². The predicted molar refractivity (Wildman–Crippen MR) is 28.6 cm³/mol. The van der Waals surface area contributed by atoms with Crippen LogP contribution in [0.1, 0.15) is 13.3 Å². The number of amides is 1. The Labute approximate surface area is 51.9 Å². The first kappa shape index (κ1) is 8.19. The molecule has 0 atom stereocenters. The van der Waals surface area contributed by atoms with Gasteiger partial charge in [-0.05, 0) is 0 Å². The van der Waals surface area contributed by atoms with Gasteiger partial charge in [-0.15, -0.1) is 0 Å². The number of nitrogens with one attached hydrogen (secondary N) is 1. The summed E-state index contributed by atoms with van der Waals surface area (Å²) in [5.41, 5.74) is 0. The van der Waals surface area contributed by atoms with Crippen molar-refractivity contribution in [2.75, 3.05) is 0 Å². The van der Waals surface area contributed by atoms with Crippen molar-refractivity contribution in [3.63, 3.8) is 0 Å². The van der Waals surface area contributed by atoms with E-state index in [-0.39, 0.29) is 6.42 Å². The molecule has 0 aromatic heterocycles. The Bertz CT molecular complexity index is 111. The zero-order valence-electron chi connectivity index (χ0n) is 4.96. The van der Waals surface area contributed by atoms with E-state index in [4.69, 9.17) is 15.3 Å². The average molecular weight is 135 g/mol. The topological polar surface area (TPSA) is 89.8 Å². The van der Waals surface area contributed by atoms with Crippen LogP contribution in [-0.4, -0.2) is 27.3 Å². The largest absolute Gasteiger partial charge is 0.465 e. The molecule has 5 nitrogen and oxygen atoms in total. The molecular formula is C4H9NO4. The van der Waals surface area contributed by atoms with Gasteiger partial charge >= 0.3 is 6.09 Å². The first-order valence-corrected chi connectivity index (χ1v) is 2.44. The maximum absolute atomic E-state index is 9.74. The fraction of sp³-hybridized carbons (Fsp3) is 0.750. The molecule has 0 radical (unpaired) electrons. The maximum Gasteiger partial charge on any atom is 0.408 e. The maximum atomic E-state index is 9.74. The van der Waals surface area contributed by atoms with Gasteiger partial charge in [0.1, 0.15) is 0 Å². The molecule has 0 saturated carbocycles. The van der Waals surface area contributed by atoms with Crippen molar-refractivity contribution in [3.05, 3.63) is 0 Å². The Hall–Kier alpha value is -0.810. The first-order valence-electron chi connectivity index (χ1n) is 2.44. The Morgan fingerprint density at radius 3 is 2.22 bits per heavy atom. The molecule has 54 valence electrons. The molecule has 0 rings (SSSR count). The highest BCUT2D eigenvalue weighted by molar-refractivity contribution is 5.64. The normalized spacial score (nSPS) is 11.0. The number of aliphatic hydroxyl groups is 2. The van der Waals surface area contributed by atoms with Gasteiger partial charge in [0, 0.05) is 6.42 Å². The van der Waals surface area contributed by atoms with Gasteiger partial charge in [0.2, 0.25) is 5.91 Å². The molecule has 0 aliphatic carbocycles. The van der Waals surface area contributed by atoms with Crippen molar-refractivity contribution < 1.29 is 20.1 Å². The highest BCUT2D eigenvalue weighted by Gasteiger charge is 2.21. The van der Waals surface area contributed by atoms with Gasteiger partial charge in [0.15, 0.2) is 0 Å². The van der Waals surface area contributed by atoms with Crippen LogP contribution < -0.4 is 5.32 Å². The van der Waals surface area contributed by atoms with E-state index in [1.807, 2.05) is 0 Å². The highest BCUT2D eigenvalue weighted by atomic mass is 16.5. The quantitative estimate of drug-likeness (QED) is 0.377. The van der Waals surface area contributed by atoms with E-state index < -0.39 is 12.0 Å². The van der Waals surface area contributed by atoms with Crippen molar-refractivity contribution in [2.45, 2.75) is 19.3 Å². The van der Waals surface area contributed by atoms with Crippen molar-refractivity contribution in [1.82, 2.24) is 5.32 Å². The zero-order chi connectivity index (χ0) is 7.49. The summed E-state index contributed by atoms with van der Waals surface area (Å²) in [6.07, 6.45) is -1.54. The molecule has 0 fully saturated rings. The van der Waals surface area contributed by atoms with Crippen LogP contribution in [0, 0.1) is 0 Å². The molecule has 0 saturated heterocycles. The molecule has 5 heteroatoms. The fourth-order valence-corrected chi connectivity index (χ4v) is 0.260. The highest BCUT2D eigenvalue weighted by Crippen LogP contribution is 1.97. The Balaban J connectivity index is 3.71. The van der Waals surface area contributed by atoms with Crippen LogP contribution in [0.2, 0.25) is 0 Å². The van der Waals surface area contributed by atoms with Crippen molar-refractivity contribution in [2.24, 2.45) is 0 Å². The lowest BCUT2D eigenvalue weighted by molar-refractivity contribution is -0.179. The van der Waals surface area contributed by atoms with Crippen molar-refractivity contribution in [1.29, 1.82) is 0 Å². The van der Waals surface area contributed by atoms with E-state index in [1.165, 1.54) is 12.2 Å². The lowest BCUT2D eigenvalue weighted by Crippen LogP contribution is -2.47. The third-order valence-electron chi connectivity index (χ3n) is 0.800. The third kappa shape index (κ3) is 3.75. The van der Waals surface area contributed by atoms with Gasteiger partial charge in [-0.3, -0.25) is 5.32 Å². The molecule has 9 heavy (non-hydrogen) atoms. The number of carbonyl (C=O) groups is 1. The third-order valence-corrected chi connectivity index (χ3v) is 0.800. The second-order valence-corrected chi connectivity index (χ2v) is 1.60. The van der Waals surface area contributed by atoms with Crippen molar-refractivity contribution in [3.8, 4) is 0 Å². The minimum absolute atomic E-state index is 0.0840. The summed E-state index contributed by atoms with van der Waals surface area (Å²) in [7, 11) is 0. The summed E-state index contributed by atoms with van der Waals surface area (Å²) in [5.74, 6) is -2.29. The van der Waals surface area contributed by atoms with E-state index in [0.29, 0.717) is 0 Å². The van der Waals surface area contributed by atoms with Gasteiger partial charge in [0.05, 0.1) is 0 Å². The van der Waals surface area contributed by atoms with Crippen LogP contribution in [0.4, 0.5) is 4.79 Å². The number of carboxylic acid groups (broad SMARTS) is 1. The van der Waals surface area contributed by atoms with E-state index in [1.54, 1.807) is 0 Å². The SMILES string of the molecule is CCC(O)(O)NC(=O)O. The molecule has 0 unspecified atom stereocenters. The molecule has 0 aliphatic heterocycles. The van der Waals surface area contributed by atoms with E-state index in [0.717, 1.165) is 0 Å². The van der Waals surface area contributed by atoms with Gasteiger partial charge in [-0.2, -0.15) is 0 Å². The number of rotatable bonds is 2. The van der Waals surface area contributed by atoms with Gasteiger partial charge in [-0.1, -0.05) is 6.92 Å². The van der Waals surface area contributed by atoms with Crippen LogP contribution >= 0.6 is 0 Å². The minimum atomic E-state index is -2.29. The second-order valence-electron chi connectivity index (χ2n) is 1.60. The zero-order valence-corrected chi connectivity index (χ0v) is 4.96. The summed E-state index contributed by atoms with van der Waals surface area (Å²) in [6, 6.07) is 0. The molecule has 0 aromatic rings. The van der Waals surface area contributed by atoms with E-state index in [2.05, 4.69) is 0 Å². The summed E-state index contributed by atoms with van der Waals surface area (Å²) >= 11 is 0. The van der Waals surface area contributed by atoms with Gasteiger partial charge in [0.25, 0.3) is 0 Å². The van der Waals surface area contributed by atoms with E-state index >= 15 is 0 Å². The number of hydrogen-bond donors (Lipinski definition) is 4. The molecule has 0 heterocycles. The lowest BCUT2D eigenvalue weighted by Gasteiger charge is -2.17. The molecule has 0 bridgehead atoms. The molecule has 0 spiro atoms. The smallest absolute Gasteiger partial charge is 0.408 e. The molecular weight excluding hydrogens is 126 g/mol. The van der Waals surface area contributed by atoms with Gasteiger partial charge in [-0.25, -0.2) is 4.79 Å². The summed E-state index contributed by atoms with van der Waals surface area (Å²) in [6.45, 7) is 1.44. The van der Waals surface area contributed by atoms with Crippen LogP contribution in [0.15, 0.2) is 0 Å². The monoisotopic (exact) mass is 135 g/mol. The first-order chi connectivity index (χ1) is 3.98. The summed E-state index contributed by atoms with van der Waals surface area (Å²) in [4.78, 5) is 9.74. The predicted octanol–water partition coefficient (Wildman–Crippen LogP) is -0.698. The Kier molecular flexibility index (Phi) is 2.41. The lowest BCUT2D eigenvalue weighted by atomic mass is 10.4. The van der Waals surface area contributed by atoms with E-state index in [9.17, 15) is 4.79 Å². The van der Waals surface area contributed by atoms with Crippen LogP contribution in [0.5, 0.6) is 0 Å². The summed E-state index contributed by atoms with van der Waals surface area (Å²) in [5, 5.41) is 26.6.